The van der Waals surface area contributed by atoms with Gasteiger partial charge in [0.1, 0.15) is 0 Å². The van der Waals surface area contributed by atoms with Crippen molar-refractivity contribution in [3.8, 4) is 0 Å². The van der Waals surface area contributed by atoms with Crippen molar-refractivity contribution in [2.75, 3.05) is 6.16 Å². The monoisotopic (exact) mass is 330 g/mol. The molecular formula is C10H17F6O3P. The summed E-state index contributed by atoms with van der Waals surface area (Å²) in [5.74, 6) is 0. The first-order valence-electron chi connectivity index (χ1n) is 5.98. The fraction of sp³-hybridized carbons (Fsp3) is 1.00. The van der Waals surface area contributed by atoms with Gasteiger partial charge in [-0.1, -0.05) is 20.8 Å². The van der Waals surface area contributed by atoms with E-state index >= 15 is 0 Å². The van der Waals surface area contributed by atoms with E-state index in [-0.39, 0.29) is 0 Å². The predicted octanol–water partition coefficient (Wildman–Crippen LogP) is 4.91. The highest BCUT2D eigenvalue weighted by Gasteiger charge is 2.48. The molecular weight excluding hydrogens is 313 g/mol. The Balaban J connectivity index is 5.07. The first-order valence-corrected chi connectivity index (χ1v) is 7.71. The lowest BCUT2D eigenvalue weighted by Gasteiger charge is -2.28. The van der Waals surface area contributed by atoms with Crippen LogP contribution in [0.5, 0.6) is 0 Å². The molecule has 0 rings (SSSR count). The van der Waals surface area contributed by atoms with Gasteiger partial charge in [-0.25, -0.2) is 0 Å². The molecule has 0 aliphatic heterocycles. The second-order valence-corrected chi connectivity index (χ2v) is 6.29. The molecule has 0 saturated heterocycles. The lowest BCUT2D eigenvalue weighted by atomic mass is 10.3. The lowest BCUT2D eigenvalue weighted by molar-refractivity contribution is -0.211. The summed E-state index contributed by atoms with van der Waals surface area (Å²) >= 11 is 0. The Labute approximate surface area is 113 Å². The van der Waals surface area contributed by atoms with Crippen LogP contribution < -0.4 is 0 Å². The highest BCUT2D eigenvalue weighted by Crippen LogP contribution is 2.54. The van der Waals surface area contributed by atoms with Crippen LogP contribution in [0.25, 0.3) is 0 Å². The third-order valence-corrected chi connectivity index (χ3v) is 4.36. The van der Waals surface area contributed by atoms with E-state index in [1.165, 1.54) is 0 Å². The van der Waals surface area contributed by atoms with Crippen molar-refractivity contribution < 1.29 is 40.0 Å². The minimum absolute atomic E-state index is 0.570. The van der Waals surface area contributed by atoms with E-state index in [9.17, 15) is 30.9 Å². The van der Waals surface area contributed by atoms with Crippen molar-refractivity contribution in [3.05, 3.63) is 0 Å². The average Bonchev–Trinajstić information content (AvgIpc) is 2.30. The van der Waals surface area contributed by atoms with Gasteiger partial charge in [0.25, 0.3) is 0 Å². The molecule has 0 aromatic carbocycles. The van der Waals surface area contributed by atoms with Gasteiger partial charge in [-0.2, -0.15) is 26.3 Å². The predicted molar refractivity (Wildman–Crippen MR) is 60.6 cm³/mol. The first kappa shape index (κ1) is 19.7. The third-order valence-electron chi connectivity index (χ3n) is 2.43. The van der Waals surface area contributed by atoms with Crippen LogP contribution in [0.1, 0.15) is 33.6 Å². The molecule has 0 fully saturated rings. The Morgan fingerprint density at radius 1 is 0.850 bits per heavy atom. The van der Waals surface area contributed by atoms with E-state index in [0.29, 0.717) is 0 Å². The lowest BCUT2D eigenvalue weighted by Crippen LogP contribution is -2.34. The maximum atomic E-state index is 12.5. The zero-order valence-corrected chi connectivity index (χ0v) is 12.1. The second kappa shape index (κ2) is 7.13. The van der Waals surface area contributed by atoms with Gasteiger partial charge >= 0.3 is 19.9 Å². The number of rotatable bonds is 7. The van der Waals surface area contributed by atoms with Crippen LogP contribution in [-0.2, 0) is 13.6 Å². The molecule has 2 atom stereocenters. The minimum Gasteiger partial charge on any atom is -0.296 e. The zero-order chi connectivity index (χ0) is 16.2. The zero-order valence-electron chi connectivity index (χ0n) is 11.2. The fourth-order valence-electron chi connectivity index (χ4n) is 1.29. The number of hydrogen-bond donors (Lipinski definition) is 0. The quantitative estimate of drug-likeness (QED) is 0.491. The van der Waals surface area contributed by atoms with E-state index < -0.39 is 51.2 Å². The smallest absolute Gasteiger partial charge is 0.296 e. The van der Waals surface area contributed by atoms with E-state index in [2.05, 4.69) is 9.05 Å². The van der Waals surface area contributed by atoms with Crippen LogP contribution in [0.15, 0.2) is 0 Å². The average molecular weight is 330 g/mol. The van der Waals surface area contributed by atoms with Crippen LogP contribution in [0.2, 0.25) is 0 Å². The number of alkyl halides is 6. The summed E-state index contributed by atoms with van der Waals surface area (Å²) in [5.41, 5.74) is 0. The van der Waals surface area contributed by atoms with E-state index in [1.54, 1.807) is 0 Å². The molecule has 0 aliphatic rings. The van der Waals surface area contributed by atoms with Gasteiger partial charge < -0.3 is 0 Å². The van der Waals surface area contributed by atoms with Gasteiger partial charge in [0.15, 0.2) is 12.2 Å². The minimum atomic E-state index is -4.82. The van der Waals surface area contributed by atoms with Gasteiger partial charge in [-0.3, -0.25) is 13.6 Å². The van der Waals surface area contributed by atoms with Crippen molar-refractivity contribution >= 4 is 7.60 Å². The van der Waals surface area contributed by atoms with Crippen LogP contribution in [0.4, 0.5) is 26.3 Å². The van der Waals surface area contributed by atoms with Crippen LogP contribution in [0, 0.1) is 0 Å². The normalized spacial score (nSPS) is 19.4. The highest BCUT2D eigenvalue weighted by molar-refractivity contribution is 7.53. The summed E-state index contributed by atoms with van der Waals surface area (Å²) in [6, 6.07) is 0. The summed E-state index contributed by atoms with van der Waals surface area (Å²) < 4.78 is 95.7. The van der Waals surface area contributed by atoms with Gasteiger partial charge in [0, 0.05) is 6.16 Å². The SMILES string of the molecule is CCC(OP(=O)(CC)OC(CC)C(F)(F)F)C(F)(F)F. The standard InChI is InChI=1S/C10H17F6O3P/c1-4-7(9(11,12)13)18-20(17,6-3)19-8(5-2)10(14,15)16/h7-8H,4-6H2,1-3H3. The summed E-state index contributed by atoms with van der Waals surface area (Å²) in [6.45, 7) is 3.39. The van der Waals surface area contributed by atoms with Crippen LogP contribution >= 0.6 is 7.60 Å². The molecule has 0 saturated carbocycles. The molecule has 2 unspecified atom stereocenters. The Morgan fingerprint density at radius 3 is 1.30 bits per heavy atom. The highest BCUT2D eigenvalue weighted by atomic mass is 31.2. The summed E-state index contributed by atoms with van der Waals surface area (Å²) in [4.78, 5) is 0. The largest absolute Gasteiger partial charge is 0.415 e. The summed E-state index contributed by atoms with van der Waals surface area (Å²) in [5, 5.41) is 0. The van der Waals surface area contributed by atoms with E-state index in [0.717, 1.165) is 20.8 Å². The molecule has 0 radical (unpaired) electrons. The van der Waals surface area contributed by atoms with Gasteiger partial charge in [-0.15, -0.1) is 0 Å². The summed E-state index contributed by atoms with van der Waals surface area (Å²) in [6.07, 6.45) is -16.2. The molecule has 10 heteroatoms. The maximum absolute atomic E-state index is 12.5. The fourth-order valence-corrected chi connectivity index (χ4v) is 2.95. The van der Waals surface area contributed by atoms with Gasteiger partial charge in [-0.05, 0) is 12.8 Å². The number of halogens is 6. The molecule has 0 spiro atoms. The Hall–Kier alpha value is -0.270. The summed E-state index contributed by atoms with van der Waals surface area (Å²) in [7, 11) is -4.48. The van der Waals surface area contributed by atoms with Crippen molar-refractivity contribution in [2.45, 2.75) is 58.2 Å². The third kappa shape index (κ3) is 6.01. The van der Waals surface area contributed by atoms with Crippen molar-refractivity contribution in [2.24, 2.45) is 0 Å². The molecule has 0 bridgehead atoms. The topological polar surface area (TPSA) is 35.5 Å². The van der Waals surface area contributed by atoms with Crippen LogP contribution in [-0.4, -0.2) is 30.7 Å². The van der Waals surface area contributed by atoms with Crippen molar-refractivity contribution in [1.82, 2.24) is 0 Å². The number of hydrogen-bond acceptors (Lipinski definition) is 3. The van der Waals surface area contributed by atoms with Gasteiger partial charge in [0.05, 0.1) is 0 Å². The molecule has 3 nitrogen and oxygen atoms in total. The molecule has 20 heavy (non-hydrogen) atoms. The second-order valence-electron chi connectivity index (χ2n) is 4.01. The molecule has 0 aromatic heterocycles. The van der Waals surface area contributed by atoms with Crippen molar-refractivity contribution in [3.63, 3.8) is 0 Å². The maximum Gasteiger partial charge on any atom is 0.415 e. The Morgan fingerprint density at radius 2 is 1.15 bits per heavy atom. The molecule has 0 heterocycles. The van der Waals surface area contributed by atoms with E-state index in [1.807, 2.05) is 0 Å². The molecule has 122 valence electrons. The molecule has 0 aromatic rings. The first-order chi connectivity index (χ1) is 8.89. The van der Waals surface area contributed by atoms with Crippen molar-refractivity contribution in [1.29, 1.82) is 0 Å². The Kier molecular flexibility index (Phi) is 7.04. The molecule has 0 N–H and O–H groups in total. The molecule has 0 aliphatic carbocycles. The van der Waals surface area contributed by atoms with Gasteiger partial charge in [0.2, 0.25) is 0 Å². The van der Waals surface area contributed by atoms with E-state index in [4.69, 9.17) is 0 Å². The molecule has 0 amide bonds. The Bertz CT molecular complexity index is 313. The van der Waals surface area contributed by atoms with Crippen LogP contribution in [0.3, 0.4) is 0 Å².